The van der Waals surface area contributed by atoms with Crippen molar-refractivity contribution in [1.82, 2.24) is 5.32 Å². The summed E-state index contributed by atoms with van der Waals surface area (Å²) in [7, 11) is 3.25. The summed E-state index contributed by atoms with van der Waals surface area (Å²) in [6.07, 6.45) is 1.44. The molecule has 0 aliphatic carbocycles. The zero-order chi connectivity index (χ0) is 31.8. The van der Waals surface area contributed by atoms with Gasteiger partial charge >= 0.3 is 0 Å². The summed E-state index contributed by atoms with van der Waals surface area (Å²) in [6, 6.07) is 30.8. The van der Waals surface area contributed by atoms with Crippen molar-refractivity contribution in [3.8, 4) is 17.2 Å². The zero-order valence-electron chi connectivity index (χ0n) is 25.8. The van der Waals surface area contributed by atoms with Gasteiger partial charge in [-0.1, -0.05) is 54.6 Å². The zero-order valence-corrected chi connectivity index (χ0v) is 26.6. The number of anilines is 1. The Morgan fingerprint density at radius 3 is 2.36 bits per heavy atom. The van der Waals surface area contributed by atoms with Gasteiger partial charge in [0.25, 0.3) is 0 Å². The van der Waals surface area contributed by atoms with Crippen LogP contribution in [-0.2, 0) is 17.8 Å². The molecule has 4 aromatic rings. The highest BCUT2D eigenvalue weighted by atomic mass is 32.2. The van der Waals surface area contributed by atoms with Crippen LogP contribution in [0.1, 0.15) is 45.8 Å². The predicted octanol–water partition coefficient (Wildman–Crippen LogP) is 6.14. The predicted molar refractivity (Wildman–Crippen MR) is 179 cm³/mol. The molecule has 1 saturated heterocycles. The molecule has 0 saturated carbocycles. The number of nitrogens with zero attached hydrogens (tertiary/aromatic N) is 1. The number of hydrogen-bond acceptors (Lipinski definition) is 7. The van der Waals surface area contributed by atoms with Gasteiger partial charge in [-0.05, 0) is 92.0 Å². The summed E-state index contributed by atoms with van der Waals surface area (Å²) in [6.45, 7) is 3.89. The van der Waals surface area contributed by atoms with E-state index in [0.29, 0.717) is 42.3 Å². The van der Waals surface area contributed by atoms with Crippen molar-refractivity contribution >= 4 is 29.3 Å². The Hall–Kier alpha value is -4.47. The first-order valence-corrected chi connectivity index (χ1v) is 15.8. The Morgan fingerprint density at radius 2 is 1.64 bits per heavy atom. The van der Waals surface area contributed by atoms with E-state index in [2.05, 4.69) is 5.32 Å². The van der Waals surface area contributed by atoms with Crippen LogP contribution in [0.2, 0.25) is 0 Å². The van der Waals surface area contributed by atoms with Gasteiger partial charge in [0, 0.05) is 11.3 Å². The molecule has 0 radical (unpaired) electrons. The molecule has 5 rings (SSSR count). The number of methoxy groups -OCH3 is 2. The summed E-state index contributed by atoms with van der Waals surface area (Å²) >= 11 is 1.62. The summed E-state index contributed by atoms with van der Waals surface area (Å²) in [4.78, 5) is 27.9. The van der Waals surface area contributed by atoms with Gasteiger partial charge in [-0.3, -0.25) is 14.5 Å². The lowest BCUT2D eigenvalue weighted by atomic mass is 10.0. The van der Waals surface area contributed by atoms with E-state index in [1.165, 1.54) is 0 Å². The van der Waals surface area contributed by atoms with Crippen LogP contribution in [-0.4, -0.2) is 43.9 Å². The molecule has 0 bridgehead atoms. The van der Waals surface area contributed by atoms with Gasteiger partial charge in [0.1, 0.15) is 17.7 Å². The van der Waals surface area contributed by atoms with Crippen molar-refractivity contribution in [3.63, 3.8) is 0 Å². The van der Waals surface area contributed by atoms with Crippen LogP contribution in [0.5, 0.6) is 17.2 Å². The minimum absolute atomic E-state index is 0.00906. The Bertz CT molecular complexity index is 1620. The molecule has 2 atom stereocenters. The van der Waals surface area contributed by atoms with E-state index in [4.69, 9.17) is 19.9 Å². The van der Waals surface area contributed by atoms with Gasteiger partial charge in [0.15, 0.2) is 11.5 Å². The number of hydrogen-bond donors (Lipinski definition) is 2. The Morgan fingerprint density at radius 1 is 0.889 bits per heavy atom. The number of benzene rings is 4. The smallest absolute Gasteiger partial charge is 0.248 e. The monoisotopic (exact) mass is 625 g/mol. The molecule has 1 aliphatic rings. The molecule has 4 aromatic carbocycles. The molecular weight excluding hydrogens is 586 g/mol. The van der Waals surface area contributed by atoms with E-state index in [9.17, 15) is 9.59 Å². The number of carbonyl (C=O) groups excluding carboxylic acids is 2. The third-order valence-electron chi connectivity index (χ3n) is 7.92. The minimum Gasteiger partial charge on any atom is -0.493 e. The van der Waals surface area contributed by atoms with E-state index in [-0.39, 0.29) is 11.3 Å². The highest BCUT2D eigenvalue weighted by Gasteiger charge is 2.50. The molecule has 45 heavy (non-hydrogen) atoms. The fourth-order valence-corrected chi connectivity index (χ4v) is 6.87. The average Bonchev–Trinajstić information content (AvgIpc) is 3.34. The van der Waals surface area contributed by atoms with Crippen LogP contribution in [0.25, 0.3) is 0 Å². The standard InChI is InChI=1S/C36H39N3O5S/c1-36(19-21-38-20-18-25-12-17-31(42-2)32(22-25)43-3)35(41)39(29-11-7-10-28(23-29)33(37)40)34(45-36)27-13-15-30(16-14-27)44-24-26-8-5-4-6-9-26/h4-17,22-23,34,38H,18-21,24H2,1-3H3,(H2,37,40)/t34-,36+/m0/s1. The Balaban J connectivity index is 1.28. The molecule has 9 heteroatoms. The Labute approximate surface area is 268 Å². The van der Waals surface area contributed by atoms with Crippen molar-refractivity contribution in [2.24, 2.45) is 5.73 Å². The third kappa shape index (κ3) is 7.61. The molecular formula is C36H39N3O5S. The number of amides is 2. The normalized spacial score (nSPS) is 17.7. The van der Waals surface area contributed by atoms with E-state index in [1.54, 1.807) is 49.1 Å². The molecule has 1 heterocycles. The number of nitrogens with two attached hydrogens (primary N) is 1. The van der Waals surface area contributed by atoms with Gasteiger partial charge in [0.2, 0.25) is 11.8 Å². The topological polar surface area (TPSA) is 103 Å². The van der Waals surface area contributed by atoms with Crippen LogP contribution in [0.3, 0.4) is 0 Å². The summed E-state index contributed by atoms with van der Waals surface area (Å²) in [5.41, 5.74) is 9.78. The molecule has 0 unspecified atom stereocenters. The maximum atomic E-state index is 14.1. The molecule has 234 valence electrons. The molecule has 0 aromatic heterocycles. The first kappa shape index (κ1) is 31.9. The molecule has 1 fully saturated rings. The van der Waals surface area contributed by atoms with Crippen molar-refractivity contribution in [2.75, 3.05) is 32.2 Å². The minimum atomic E-state index is -0.688. The van der Waals surface area contributed by atoms with E-state index in [0.717, 1.165) is 35.4 Å². The number of ether oxygens (including phenoxy) is 3. The largest absolute Gasteiger partial charge is 0.493 e. The average molecular weight is 626 g/mol. The first-order chi connectivity index (χ1) is 21.8. The second-order valence-corrected chi connectivity index (χ2v) is 12.7. The van der Waals surface area contributed by atoms with Crippen molar-refractivity contribution in [1.29, 1.82) is 0 Å². The lowest BCUT2D eigenvalue weighted by Gasteiger charge is -2.25. The molecule has 8 nitrogen and oxygen atoms in total. The fraction of sp³-hybridized carbons (Fsp3) is 0.278. The lowest BCUT2D eigenvalue weighted by molar-refractivity contribution is -0.120. The second-order valence-electron chi connectivity index (χ2n) is 11.1. The Kier molecular flexibility index (Phi) is 10.3. The molecule has 0 spiro atoms. The van der Waals surface area contributed by atoms with E-state index >= 15 is 0 Å². The quantitative estimate of drug-likeness (QED) is 0.162. The van der Waals surface area contributed by atoms with Crippen LogP contribution in [0, 0.1) is 0 Å². The maximum Gasteiger partial charge on any atom is 0.248 e. The molecule has 3 N–H and O–H groups in total. The maximum absolute atomic E-state index is 14.1. The SMILES string of the molecule is COc1ccc(CCNCC[C@@]2(C)S[C@@H](c3ccc(OCc4ccccc4)cc3)N(c3cccc(C(N)=O)c3)C2=O)cc1OC. The first-order valence-electron chi connectivity index (χ1n) is 14.9. The van der Waals surface area contributed by atoms with Gasteiger partial charge in [-0.2, -0.15) is 0 Å². The molecule has 2 amide bonds. The summed E-state index contributed by atoms with van der Waals surface area (Å²) in [5.74, 6) is 1.62. The number of rotatable bonds is 14. The van der Waals surface area contributed by atoms with Crippen LogP contribution < -0.4 is 30.2 Å². The highest BCUT2D eigenvalue weighted by Crippen LogP contribution is 2.52. The van der Waals surface area contributed by atoms with Crippen LogP contribution >= 0.6 is 11.8 Å². The number of nitrogens with one attached hydrogen (secondary N) is 1. The van der Waals surface area contributed by atoms with Crippen molar-refractivity contribution < 1.29 is 23.8 Å². The van der Waals surface area contributed by atoms with E-state index in [1.807, 2.05) is 85.8 Å². The number of thioether (sulfide) groups is 1. The van der Waals surface area contributed by atoms with Gasteiger partial charge in [-0.25, -0.2) is 0 Å². The van der Waals surface area contributed by atoms with Gasteiger partial charge in [0.05, 0.1) is 19.0 Å². The van der Waals surface area contributed by atoms with Gasteiger partial charge in [-0.15, -0.1) is 11.8 Å². The fourth-order valence-electron chi connectivity index (χ4n) is 5.35. The lowest BCUT2D eigenvalue weighted by Crippen LogP contribution is -2.39. The van der Waals surface area contributed by atoms with Crippen LogP contribution in [0.15, 0.2) is 97.1 Å². The summed E-state index contributed by atoms with van der Waals surface area (Å²) < 4.78 is 16.1. The summed E-state index contributed by atoms with van der Waals surface area (Å²) in [5, 5.41) is 3.22. The number of carbonyl (C=O) groups is 2. The van der Waals surface area contributed by atoms with Crippen molar-refractivity contribution in [3.05, 3.63) is 119 Å². The van der Waals surface area contributed by atoms with Gasteiger partial charge < -0.3 is 25.3 Å². The molecule has 1 aliphatic heterocycles. The number of primary amides is 1. The van der Waals surface area contributed by atoms with Crippen LogP contribution in [0.4, 0.5) is 5.69 Å². The second kappa shape index (κ2) is 14.5. The van der Waals surface area contributed by atoms with E-state index < -0.39 is 10.7 Å². The highest BCUT2D eigenvalue weighted by molar-refractivity contribution is 8.02. The van der Waals surface area contributed by atoms with Crippen molar-refractivity contribution in [2.45, 2.75) is 36.5 Å². The third-order valence-corrected chi connectivity index (χ3v) is 9.52.